The maximum Gasteiger partial charge on any atom is 0.185 e. The maximum atomic E-state index is 6.89. The topological polar surface area (TPSA) is 126 Å². The van der Waals surface area contributed by atoms with E-state index in [1.807, 2.05) is 0 Å². The van der Waals surface area contributed by atoms with Crippen molar-refractivity contribution < 1.29 is 0 Å². The predicted molar refractivity (Wildman–Crippen MR) is 80.0 cm³/mol. The second kappa shape index (κ2) is 14.8. The van der Waals surface area contributed by atoms with Crippen LogP contribution in [0.5, 0.6) is 0 Å². The van der Waals surface area contributed by atoms with Gasteiger partial charge in [-0.05, 0) is 0 Å². The Kier molecular flexibility index (Phi) is 19.6. The Hall–Kier alpha value is -0.180. The number of aliphatic imine (C=N–C) groups is 1. The van der Waals surface area contributed by atoms with E-state index in [4.69, 9.17) is 22.6 Å². The number of hydrogen-bond donors (Lipinski definition) is 5. The van der Waals surface area contributed by atoms with Crippen molar-refractivity contribution in [2.45, 2.75) is 0 Å². The maximum absolute atomic E-state index is 6.89. The van der Waals surface area contributed by atoms with Crippen molar-refractivity contribution in [3.05, 3.63) is 0 Å². The predicted octanol–water partition coefficient (Wildman–Crippen LogP) is -0.0321. The summed E-state index contributed by atoms with van der Waals surface area (Å²) < 4.78 is 0. The van der Waals surface area contributed by atoms with Gasteiger partial charge < -0.3 is 22.5 Å². The second-order valence-electron chi connectivity index (χ2n) is 2.29. The lowest BCUT2D eigenvalue weighted by molar-refractivity contribution is 0.957. The Balaban J connectivity index is -0.000000845. The minimum Gasteiger partial charge on any atom is -0.370 e. The van der Waals surface area contributed by atoms with Gasteiger partial charge in [-0.2, -0.15) is 0 Å². The molecule has 0 aromatic heterocycles. The molecule has 0 heterocycles. The van der Waals surface area contributed by atoms with E-state index < -0.39 is 0 Å². The summed E-state index contributed by atoms with van der Waals surface area (Å²) in [6.07, 6.45) is 0. The number of guanidine groups is 2. The van der Waals surface area contributed by atoms with Gasteiger partial charge >= 0.3 is 0 Å². The van der Waals surface area contributed by atoms with Crippen LogP contribution < -0.4 is 22.5 Å². The third kappa shape index (κ3) is 19.4. The molecule has 10 heteroatoms. The Morgan fingerprint density at radius 3 is 2.19 bits per heavy atom. The Labute approximate surface area is 116 Å². The molecule has 6 nitrogen and oxygen atoms in total. The monoisotopic (exact) mass is 308 g/mol. The van der Waals surface area contributed by atoms with E-state index in [1.165, 1.54) is 0 Å². The average Bonchev–Trinajstić information content (AvgIpc) is 2.08. The molecule has 0 aromatic rings. The minimum absolute atomic E-state index is 0. The first-order valence-electron chi connectivity index (χ1n) is 4.00. The van der Waals surface area contributed by atoms with Crippen molar-refractivity contribution in [1.82, 2.24) is 5.32 Å². The summed E-state index contributed by atoms with van der Waals surface area (Å²) in [5, 5.41) is 9.61. The second-order valence-corrected chi connectivity index (χ2v) is 4.99. The zero-order chi connectivity index (χ0) is 10.8. The van der Waals surface area contributed by atoms with Crippen LogP contribution >= 0.6 is 46.4 Å². The molecule has 0 saturated heterocycles. The highest BCUT2D eigenvalue weighted by Crippen LogP contribution is 2.19. The van der Waals surface area contributed by atoms with E-state index in [0.717, 1.165) is 11.5 Å². The summed E-state index contributed by atoms with van der Waals surface area (Å²) >= 11 is 0. The van der Waals surface area contributed by atoms with Gasteiger partial charge in [0.1, 0.15) is 0 Å². The van der Waals surface area contributed by atoms with Crippen LogP contribution in [0.3, 0.4) is 0 Å². The number of nitrogens with two attached hydrogens (primary N) is 3. The van der Waals surface area contributed by atoms with Gasteiger partial charge in [0.2, 0.25) is 0 Å². The van der Waals surface area contributed by atoms with E-state index in [2.05, 4.69) is 10.3 Å². The van der Waals surface area contributed by atoms with Gasteiger partial charge in [0.25, 0.3) is 0 Å². The molecular weight excluding hydrogens is 291 g/mol. The summed E-state index contributed by atoms with van der Waals surface area (Å²) in [5.74, 6) is 1.92. The highest BCUT2D eigenvalue weighted by Gasteiger charge is 1.91. The smallest absolute Gasteiger partial charge is 0.185 e. The molecule has 0 aliphatic rings. The SMILES string of the molecule is Cl.Cl.N=C(N)NCCSSCCN=C(N)N. The number of halogens is 2. The van der Waals surface area contributed by atoms with Gasteiger partial charge in [0.05, 0.1) is 6.54 Å². The molecule has 0 radical (unpaired) electrons. The van der Waals surface area contributed by atoms with Crippen molar-refractivity contribution in [1.29, 1.82) is 5.41 Å². The third-order valence-electron chi connectivity index (χ3n) is 1.05. The van der Waals surface area contributed by atoms with E-state index in [1.54, 1.807) is 21.6 Å². The summed E-state index contributed by atoms with van der Waals surface area (Å²) in [4.78, 5) is 3.84. The fraction of sp³-hybridized carbons (Fsp3) is 0.667. The zero-order valence-electron chi connectivity index (χ0n) is 8.64. The number of nitrogens with one attached hydrogen (secondary N) is 2. The molecule has 0 unspecified atom stereocenters. The first-order chi connectivity index (χ1) is 6.63. The van der Waals surface area contributed by atoms with Crippen molar-refractivity contribution in [2.75, 3.05) is 24.6 Å². The van der Waals surface area contributed by atoms with Crippen LogP contribution in [0.1, 0.15) is 0 Å². The van der Waals surface area contributed by atoms with Crippen molar-refractivity contribution in [3.63, 3.8) is 0 Å². The molecular formula is C6H18Cl2N6S2. The number of rotatable bonds is 7. The summed E-state index contributed by atoms with van der Waals surface area (Å²) in [6, 6.07) is 0. The molecule has 0 atom stereocenters. The molecule has 0 saturated carbocycles. The van der Waals surface area contributed by atoms with Gasteiger partial charge in [-0.25, -0.2) is 0 Å². The van der Waals surface area contributed by atoms with E-state index in [0.29, 0.717) is 13.1 Å². The first-order valence-corrected chi connectivity index (χ1v) is 6.49. The van der Waals surface area contributed by atoms with Crippen LogP contribution in [-0.2, 0) is 0 Å². The van der Waals surface area contributed by atoms with Crippen LogP contribution in [-0.4, -0.2) is 36.5 Å². The zero-order valence-corrected chi connectivity index (χ0v) is 11.9. The van der Waals surface area contributed by atoms with E-state index >= 15 is 0 Å². The molecule has 98 valence electrons. The number of nitrogens with zero attached hydrogens (tertiary/aromatic N) is 1. The molecule has 0 aliphatic heterocycles. The molecule has 0 rings (SSSR count). The molecule has 8 N–H and O–H groups in total. The summed E-state index contributed by atoms with van der Waals surface area (Å²) in [7, 11) is 3.39. The van der Waals surface area contributed by atoms with Gasteiger partial charge in [0.15, 0.2) is 11.9 Å². The van der Waals surface area contributed by atoms with Crippen molar-refractivity contribution in [2.24, 2.45) is 22.2 Å². The highest BCUT2D eigenvalue weighted by molar-refractivity contribution is 8.76. The molecule has 0 aliphatic carbocycles. The van der Waals surface area contributed by atoms with Crippen LogP contribution in [0.4, 0.5) is 0 Å². The van der Waals surface area contributed by atoms with Crippen LogP contribution in [0, 0.1) is 5.41 Å². The molecule has 0 amide bonds. The first kappa shape index (κ1) is 21.1. The van der Waals surface area contributed by atoms with E-state index in [-0.39, 0.29) is 36.7 Å². The number of hydrogen-bond acceptors (Lipinski definition) is 4. The Morgan fingerprint density at radius 1 is 1.12 bits per heavy atom. The lowest BCUT2D eigenvalue weighted by Gasteiger charge is -2.02. The summed E-state index contributed by atoms with van der Waals surface area (Å²) in [6.45, 7) is 1.34. The van der Waals surface area contributed by atoms with Gasteiger partial charge in [-0.3, -0.25) is 10.4 Å². The lowest BCUT2D eigenvalue weighted by Crippen LogP contribution is -2.31. The fourth-order valence-electron chi connectivity index (χ4n) is 0.557. The quantitative estimate of drug-likeness (QED) is 0.194. The standard InChI is InChI=1S/C6H16N6S2.2ClH/c7-5(8)11-1-3-13-14-4-2-12-6(9)10;;/h1-4H2,(H4,7,8,11)(H4,9,10,12);2*1H. The third-order valence-corrected chi connectivity index (χ3v) is 3.44. The van der Waals surface area contributed by atoms with Gasteiger partial charge in [0, 0.05) is 18.1 Å². The Morgan fingerprint density at radius 2 is 1.69 bits per heavy atom. The molecule has 0 spiro atoms. The Bertz CT molecular complexity index is 199. The molecule has 16 heavy (non-hydrogen) atoms. The van der Waals surface area contributed by atoms with Crippen molar-refractivity contribution >= 4 is 58.3 Å². The van der Waals surface area contributed by atoms with Gasteiger partial charge in [-0.1, -0.05) is 21.6 Å². The minimum atomic E-state index is 0. The highest BCUT2D eigenvalue weighted by atomic mass is 35.5. The van der Waals surface area contributed by atoms with Crippen LogP contribution in [0.15, 0.2) is 4.99 Å². The molecule has 0 bridgehead atoms. The molecule has 0 fully saturated rings. The van der Waals surface area contributed by atoms with Crippen LogP contribution in [0.2, 0.25) is 0 Å². The van der Waals surface area contributed by atoms with Crippen molar-refractivity contribution in [3.8, 4) is 0 Å². The van der Waals surface area contributed by atoms with E-state index in [9.17, 15) is 0 Å². The van der Waals surface area contributed by atoms with Crippen LogP contribution in [0.25, 0.3) is 0 Å². The lowest BCUT2D eigenvalue weighted by atomic mass is 10.7. The largest absolute Gasteiger partial charge is 0.370 e. The average molecular weight is 309 g/mol. The van der Waals surface area contributed by atoms with Gasteiger partial charge in [-0.15, -0.1) is 24.8 Å². The molecule has 0 aromatic carbocycles. The summed E-state index contributed by atoms with van der Waals surface area (Å²) in [5.41, 5.74) is 15.4. The normalized spacial score (nSPS) is 8.25. The fourth-order valence-corrected chi connectivity index (χ4v) is 2.32.